The summed E-state index contributed by atoms with van der Waals surface area (Å²) < 4.78 is 4.57. The fourth-order valence-corrected chi connectivity index (χ4v) is 1.55. The molecule has 3 heteroatoms. The molecule has 0 atom stereocenters. The monoisotopic (exact) mass is 235 g/mol. The van der Waals surface area contributed by atoms with Crippen molar-refractivity contribution < 1.29 is 9.53 Å². The van der Waals surface area contributed by atoms with E-state index in [1.165, 1.54) is 18.2 Å². The molecule has 0 amide bonds. The van der Waals surface area contributed by atoms with Crippen molar-refractivity contribution in [2.45, 2.75) is 32.7 Å². The van der Waals surface area contributed by atoms with Crippen molar-refractivity contribution >= 4 is 5.97 Å². The first-order valence-electron chi connectivity index (χ1n) is 6.00. The van der Waals surface area contributed by atoms with Crippen molar-refractivity contribution in [1.82, 2.24) is 5.32 Å². The molecule has 0 aliphatic rings. The molecule has 1 aromatic rings. The second kappa shape index (κ2) is 7.07. The minimum atomic E-state index is -0.173. The van der Waals surface area contributed by atoms with E-state index in [0.29, 0.717) is 18.9 Å². The van der Waals surface area contributed by atoms with Gasteiger partial charge in [0, 0.05) is 13.1 Å². The zero-order valence-corrected chi connectivity index (χ0v) is 10.8. The molecule has 0 bridgehead atoms. The SMILES string of the molecule is COC(=O)CCNCc1ccc(C(C)C)cc1. The van der Waals surface area contributed by atoms with Crippen LogP contribution in [-0.4, -0.2) is 19.6 Å². The van der Waals surface area contributed by atoms with E-state index in [1.807, 2.05) is 0 Å². The Bertz CT molecular complexity index is 344. The second-order valence-electron chi connectivity index (χ2n) is 4.40. The van der Waals surface area contributed by atoms with Gasteiger partial charge < -0.3 is 10.1 Å². The average molecular weight is 235 g/mol. The van der Waals surface area contributed by atoms with Crippen LogP contribution in [0.4, 0.5) is 0 Å². The van der Waals surface area contributed by atoms with E-state index in [-0.39, 0.29) is 5.97 Å². The van der Waals surface area contributed by atoms with Crippen molar-refractivity contribution in [3.05, 3.63) is 35.4 Å². The quantitative estimate of drug-likeness (QED) is 0.608. The van der Waals surface area contributed by atoms with Gasteiger partial charge in [0.1, 0.15) is 0 Å². The number of ether oxygens (including phenoxy) is 1. The highest BCUT2D eigenvalue weighted by molar-refractivity contribution is 5.69. The summed E-state index contributed by atoms with van der Waals surface area (Å²) in [5.74, 6) is 0.393. The standard InChI is InChI=1S/C14H21NO2/c1-11(2)13-6-4-12(5-7-13)10-15-9-8-14(16)17-3/h4-7,11,15H,8-10H2,1-3H3. The number of nitrogens with one attached hydrogen (secondary N) is 1. The number of hydrogen-bond donors (Lipinski definition) is 1. The molecule has 17 heavy (non-hydrogen) atoms. The molecule has 0 radical (unpaired) electrons. The van der Waals surface area contributed by atoms with Gasteiger partial charge in [-0.25, -0.2) is 0 Å². The molecular weight excluding hydrogens is 214 g/mol. The van der Waals surface area contributed by atoms with E-state index in [1.54, 1.807) is 0 Å². The Balaban J connectivity index is 2.30. The topological polar surface area (TPSA) is 38.3 Å². The zero-order chi connectivity index (χ0) is 12.7. The molecule has 0 aromatic heterocycles. The first kappa shape index (κ1) is 13.7. The average Bonchev–Trinajstić information content (AvgIpc) is 2.34. The third-order valence-electron chi connectivity index (χ3n) is 2.71. The highest BCUT2D eigenvalue weighted by Gasteiger charge is 2.00. The molecule has 0 aliphatic carbocycles. The van der Waals surface area contributed by atoms with Crippen molar-refractivity contribution in [3.8, 4) is 0 Å². The van der Waals surface area contributed by atoms with Gasteiger partial charge in [0.25, 0.3) is 0 Å². The molecule has 0 aliphatic heterocycles. The fraction of sp³-hybridized carbons (Fsp3) is 0.500. The predicted molar refractivity (Wildman–Crippen MR) is 68.9 cm³/mol. The minimum Gasteiger partial charge on any atom is -0.469 e. The largest absolute Gasteiger partial charge is 0.469 e. The Labute approximate surface area is 103 Å². The Kier molecular flexibility index (Phi) is 5.70. The lowest BCUT2D eigenvalue weighted by Crippen LogP contribution is -2.18. The highest BCUT2D eigenvalue weighted by Crippen LogP contribution is 2.14. The highest BCUT2D eigenvalue weighted by atomic mass is 16.5. The summed E-state index contributed by atoms with van der Waals surface area (Å²) in [5, 5.41) is 3.21. The molecule has 1 N–H and O–H groups in total. The van der Waals surface area contributed by atoms with E-state index >= 15 is 0 Å². The van der Waals surface area contributed by atoms with Crippen LogP contribution in [0.5, 0.6) is 0 Å². The van der Waals surface area contributed by atoms with E-state index in [2.05, 4.69) is 48.2 Å². The zero-order valence-electron chi connectivity index (χ0n) is 10.8. The minimum absolute atomic E-state index is 0.173. The molecule has 0 unspecified atom stereocenters. The Morgan fingerprint density at radius 2 is 1.94 bits per heavy atom. The van der Waals surface area contributed by atoms with Gasteiger partial charge in [-0.2, -0.15) is 0 Å². The van der Waals surface area contributed by atoms with Gasteiger partial charge >= 0.3 is 5.97 Å². The number of methoxy groups -OCH3 is 1. The Hall–Kier alpha value is -1.35. The van der Waals surface area contributed by atoms with E-state index < -0.39 is 0 Å². The van der Waals surface area contributed by atoms with Gasteiger partial charge in [0.2, 0.25) is 0 Å². The molecule has 0 fully saturated rings. The number of esters is 1. The fourth-order valence-electron chi connectivity index (χ4n) is 1.55. The van der Waals surface area contributed by atoms with E-state index in [9.17, 15) is 4.79 Å². The van der Waals surface area contributed by atoms with Crippen molar-refractivity contribution in [2.75, 3.05) is 13.7 Å². The van der Waals surface area contributed by atoms with Crippen LogP contribution in [0.3, 0.4) is 0 Å². The number of hydrogen-bond acceptors (Lipinski definition) is 3. The first-order valence-corrected chi connectivity index (χ1v) is 6.00. The lowest BCUT2D eigenvalue weighted by atomic mass is 10.0. The number of benzene rings is 1. The van der Waals surface area contributed by atoms with Crippen LogP contribution in [0, 0.1) is 0 Å². The van der Waals surface area contributed by atoms with Crippen molar-refractivity contribution in [2.24, 2.45) is 0 Å². The van der Waals surface area contributed by atoms with E-state index in [0.717, 1.165) is 6.54 Å². The maximum absolute atomic E-state index is 10.9. The molecule has 0 heterocycles. The van der Waals surface area contributed by atoms with Gasteiger partial charge in [-0.3, -0.25) is 4.79 Å². The molecule has 0 saturated carbocycles. The summed E-state index contributed by atoms with van der Waals surface area (Å²) >= 11 is 0. The molecule has 94 valence electrons. The van der Waals surface area contributed by atoms with Crippen LogP contribution in [0.2, 0.25) is 0 Å². The van der Waals surface area contributed by atoms with Crippen LogP contribution in [0.15, 0.2) is 24.3 Å². The lowest BCUT2D eigenvalue weighted by molar-refractivity contribution is -0.140. The molecule has 1 aromatic carbocycles. The van der Waals surface area contributed by atoms with Crippen LogP contribution >= 0.6 is 0 Å². The van der Waals surface area contributed by atoms with Crippen molar-refractivity contribution in [1.29, 1.82) is 0 Å². The van der Waals surface area contributed by atoms with Gasteiger partial charge in [-0.15, -0.1) is 0 Å². The third-order valence-corrected chi connectivity index (χ3v) is 2.71. The maximum Gasteiger partial charge on any atom is 0.306 e. The summed E-state index contributed by atoms with van der Waals surface area (Å²) in [6.07, 6.45) is 0.417. The second-order valence-corrected chi connectivity index (χ2v) is 4.40. The van der Waals surface area contributed by atoms with Crippen LogP contribution in [0.25, 0.3) is 0 Å². The molecule has 3 nitrogen and oxygen atoms in total. The first-order chi connectivity index (χ1) is 8.13. The summed E-state index contributed by atoms with van der Waals surface area (Å²) in [5.41, 5.74) is 2.59. The molecule has 1 rings (SSSR count). The predicted octanol–water partition coefficient (Wildman–Crippen LogP) is 2.46. The third kappa shape index (κ3) is 5.00. The van der Waals surface area contributed by atoms with E-state index in [4.69, 9.17) is 0 Å². The van der Waals surface area contributed by atoms with Gasteiger partial charge in [-0.1, -0.05) is 38.1 Å². The summed E-state index contributed by atoms with van der Waals surface area (Å²) in [4.78, 5) is 10.9. The van der Waals surface area contributed by atoms with Gasteiger partial charge in [-0.05, 0) is 17.0 Å². The van der Waals surface area contributed by atoms with Crippen LogP contribution in [0.1, 0.15) is 37.3 Å². The van der Waals surface area contributed by atoms with Crippen LogP contribution in [-0.2, 0) is 16.1 Å². The molecule has 0 spiro atoms. The lowest BCUT2D eigenvalue weighted by Gasteiger charge is -2.07. The molecule has 0 saturated heterocycles. The smallest absolute Gasteiger partial charge is 0.306 e. The summed E-state index contributed by atoms with van der Waals surface area (Å²) in [7, 11) is 1.41. The number of carbonyl (C=O) groups is 1. The summed E-state index contributed by atoms with van der Waals surface area (Å²) in [6, 6.07) is 8.56. The summed E-state index contributed by atoms with van der Waals surface area (Å²) in [6.45, 7) is 5.81. The maximum atomic E-state index is 10.9. The Morgan fingerprint density at radius 1 is 1.29 bits per heavy atom. The molecular formula is C14H21NO2. The van der Waals surface area contributed by atoms with Crippen LogP contribution < -0.4 is 5.32 Å². The number of rotatable bonds is 6. The normalized spacial score (nSPS) is 10.6. The van der Waals surface area contributed by atoms with Gasteiger partial charge in [0.05, 0.1) is 13.5 Å². The van der Waals surface area contributed by atoms with Gasteiger partial charge in [0.15, 0.2) is 0 Å². The Morgan fingerprint density at radius 3 is 2.47 bits per heavy atom. The number of carbonyl (C=O) groups excluding carboxylic acids is 1. The van der Waals surface area contributed by atoms with Crippen molar-refractivity contribution in [3.63, 3.8) is 0 Å².